The van der Waals surface area contributed by atoms with E-state index in [1.54, 1.807) is 0 Å². The Labute approximate surface area is 118 Å². The summed E-state index contributed by atoms with van der Waals surface area (Å²) in [7, 11) is -3.88. The Bertz CT molecular complexity index is 619. The van der Waals surface area contributed by atoms with E-state index in [2.05, 4.69) is 15.9 Å². The Morgan fingerprint density at radius 1 is 1.47 bits per heavy atom. The van der Waals surface area contributed by atoms with Crippen molar-refractivity contribution in [3.05, 3.63) is 28.5 Å². The second-order valence-electron chi connectivity index (χ2n) is 4.26. The van der Waals surface area contributed by atoms with Crippen molar-refractivity contribution >= 4 is 31.9 Å². The molecule has 0 amide bonds. The molecule has 5 nitrogen and oxygen atoms in total. The summed E-state index contributed by atoms with van der Waals surface area (Å²) in [6.45, 7) is 0.0445. The molecule has 1 atom stereocenters. The van der Waals surface area contributed by atoms with Crippen LogP contribution in [0.3, 0.4) is 0 Å². The van der Waals surface area contributed by atoms with E-state index in [-0.39, 0.29) is 28.9 Å². The predicted molar refractivity (Wildman–Crippen MR) is 68.6 cm³/mol. The van der Waals surface area contributed by atoms with Crippen LogP contribution in [0.2, 0.25) is 0 Å². The molecular weight excluding hydrogens is 341 g/mol. The largest absolute Gasteiger partial charge is 0.481 e. The van der Waals surface area contributed by atoms with E-state index < -0.39 is 27.7 Å². The maximum Gasteiger partial charge on any atom is 0.307 e. The minimum absolute atomic E-state index is 0.0827. The molecule has 19 heavy (non-hydrogen) atoms. The Balaban J connectivity index is 2.33. The summed E-state index contributed by atoms with van der Waals surface area (Å²) in [4.78, 5) is 10.7. The Kier molecular flexibility index (Phi) is 3.93. The molecule has 0 saturated carbocycles. The van der Waals surface area contributed by atoms with E-state index in [9.17, 15) is 17.6 Å². The molecule has 1 heterocycles. The zero-order chi connectivity index (χ0) is 14.2. The number of nitrogens with zero attached hydrogens (tertiary/aromatic N) is 1. The first-order valence-corrected chi connectivity index (χ1v) is 7.73. The number of carboxylic acids is 1. The molecule has 104 valence electrons. The molecule has 0 bridgehead atoms. The molecule has 2 rings (SSSR count). The SMILES string of the molecule is O=C(O)C1CCN(S(=O)(=O)c2cc(F)ccc2Br)C1. The topological polar surface area (TPSA) is 74.7 Å². The van der Waals surface area contributed by atoms with Crippen molar-refractivity contribution in [2.75, 3.05) is 13.1 Å². The molecular formula is C11H11BrFNO4S. The molecule has 1 aromatic rings. The minimum Gasteiger partial charge on any atom is -0.481 e. The van der Waals surface area contributed by atoms with Crippen LogP contribution in [0.4, 0.5) is 4.39 Å². The third kappa shape index (κ3) is 2.80. The lowest BCUT2D eigenvalue weighted by molar-refractivity contribution is -0.141. The number of benzene rings is 1. The second kappa shape index (κ2) is 5.18. The van der Waals surface area contributed by atoms with Crippen LogP contribution >= 0.6 is 15.9 Å². The smallest absolute Gasteiger partial charge is 0.307 e. The van der Waals surface area contributed by atoms with Gasteiger partial charge in [0.1, 0.15) is 5.82 Å². The van der Waals surface area contributed by atoms with Crippen molar-refractivity contribution < 1.29 is 22.7 Å². The average molecular weight is 352 g/mol. The number of rotatable bonds is 3. The second-order valence-corrected chi connectivity index (χ2v) is 7.02. The van der Waals surface area contributed by atoms with Crippen LogP contribution in [0, 0.1) is 11.7 Å². The summed E-state index contributed by atoms with van der Waals surface area (Å²) >= 11 is 3.07. The predicted octanol–water partition coefficient (Wildman–Crippen LogP) is 1.68. The van der Waals surface area contributed by atoms with Gasteiger partial charge in [-0.1, -0.05) is 0 Å². The zero-order valence-corrected chi connectivity index (χ0v) is 12.1. The quantitative estimate of drug-likeness (QED) is 0.898. The van der Waals surface area contributed by atoms with E-state index >= 15 is 0 Å². The Morgan fingerprint density at radius 3 is 2.74 bits per heavy atom. The molecule has 0 aliphatic carbocycles. The fourth-order valence-corrected chi connectivity index (χ4v) is 4.40. The van der Waals surface area contributed by atoms with Gasteiger partial charge in [0.05, 0.1) is 10.8 Å². The molecule has 1 aliphatic heterocycles. The molecule has 1 unspecified atom stereocenters. The Hall–Kier alpha value is -0.990. The monoisotopic (exact) mass is 351 g/mol. The highest BCUT2D eigenvalue weighted by Gasteiger charge is 2.36. The zero-order valence-electron chi connectivity index (χ0n) is 9.71. The highest BCUT2D eigenvalue weighted by molar-refractivity contribution is 9.10. The Morgan fingerprint density at radius 2 is 2.16 bits per heavy atom. The van der Waals surface area contributed by atoms with E-state index in [0.717, 1.165) is 16.4 Å². The number of sulfonamides is 1. The van der Waals surface area contributed by atoms with Gasteiger partial charge in [0, 0.05) is 17.6 Å². The fraction of sp³-hybridized carbons (Fsp3) is 0.364. The molecule has 0 radical (unpaired) electrons. The number of carbonyl (C=O) groups is 1. The first-order valence-electron chi connectivity index (χ1n) is 5.50. The van der Waals surface area contributed by atoms with Crippen molar-refractivity contribution in [1.82, 2.24) is 4.31 Å². The van der Waals surface area contributed by atoms with E-state index in [4.69, 9.17) is 5.11 Å². The molecule has 8 heteroatoms. The van der Waals surface area contributed by atoms with Gasteiger partial charge in [-0.15, -0.1) is 0 Å². The first-order chi connectivity index (χ1) is 8.82. The van der Waals surface area contributed by atoms with Gasteiger partial charge < -0.3 is 5.11 Å². The summed E-state index contributed by atoms with van der Waals surface area (Å²) in [5, 5.41) is 8.88. The number of hydrogen-bond donors (Lipinski definition) is 1. The van der Waals surface area contributed by atoms with Gasteiger partial charge in [-0.05, 0) is 40.5 Å². The van der Waals surface area contributed by atoms with Crippen LogP contribution in [0.5, 0.6) is 0 Å². The molecule has 1 aliphatic rings. The van der Waals surface area contributed by atoms with Gasteiger partial charge in [0.15, 0.2) is 0 Å². The van der Waals surface area contributed by atoms with Gasteiger partial charge in [-0.2, -0.15) is 4.31 Å². The maximum absolute atomic E-state index is 13.2. The summed E-state index contributed by atoms with van der Waals surface area (Å²) in [6, 6.07) is 3.38. The molecule has 1 saturated heterocycles. The van der Waals surface area contributed by atoms with Crippen LogP contribution in [-0.2, 0) is 14.8 Å². The average Bonchev–Trinajstić information content (AvgIpc) is 2.82. The van der Waals surface area contributed by atoms with Crippen molar-refractivity contribution in [2.24, 2.45) is 5.92 Å². The van der Waals surface area contributed by atoms with E-state index in [0.29, 0.717) is 0 Å². The number of aliphatic carboxylic acids is 1. The third-order valence-electron chi connectivity index (χ3n) is 3.01. The van der Waals surface area contributed by atoms with Gasteiger partial charge in [-0.3, -0.25) is 4.79 Å². The maximum atomic E-state index is 13.2. The summed E-state index contributed by atoms with van der Waals surface area (Å²) in [5.41, 5.74) is 0. The molecule has 1 N–H and O–H groups in total. The van der Waals surface area contributed by atoms with E-state index in [1.807, 2.05) is 0 Å². The summed E-state index contributed by atoms with van der Waals surface area (Å²) in [5.74, 6) is -2.38. The minimum atomic E-state index is -3.88. The van der Waals surface area contributed by atoms with Crippen molar-refractivity contribution in [1.29, 1.82) is 0 Å². The fourth-order valence-electron chi connectivity index (χ4n) is 1.96. The van der Waals surface area contributed by atoms with Gasteiger partial charge in [0.25, 0.3) is 0 Å². The normalized spacial score (nSPS) is 20.6. The van der Waals surface area contributed by atoms with Crippen molar-refractivity contribution in [3.8, 4) is 0 Å². The highest BCUT2D eigenvalue weighted by Crippen LogP contribution is 2.29. The van der Waals surface area contributed by atoms with Crippen LogP contribution < -0.4 is 0 Å². The molecule has 1 fully saturated rings. The lowest BCUT2D eigenvalue weighted by Gasteiger charge is -2.17. The standard InChI is InChI=1S/C11H11BrFNO4S/c12-9-2-1-8(13)5-10(9)19(17,18)14-4-3-7(6-14)11(15)16/h1-2,5,7H,3-4,6H2,(H,15,16). The van der Waals surface area contributed by atoms with Crippen LogP contribution in [0.15, 0.2) is 27.6 Å². The van der Waals surface area contributed by atoms with Gasteiger partial charge in [-0.25, -0.2) is 12.8 Å². The lowest BCUT2D eigenvalue weighted by Crippen LogP contribution is -2.30. The number of halogens is 2. The van der Waals surface area contributed by atoms with Crippen molar-refractivity contribution in [2.45, 2.75) is 11.3 Å². The molecule has 0 aromatic heterocycles. The van der Waals surface area contributed by atoms with E-state index in [1.165, 1.54) is 6.07 Å². The first kappa shape index (κ1) is 14.4. The number of carboxylic acid groups (broad SMARTS) is 1. The van der Waals surface area contributed by atoms with Crippen LogP contribution in [0.1, 0.15) is 6.42 Å². The highest BCUT2D eigenvalue weighted by atomic mass is 79.9. The van der Waals surface area contributed by atoms with Crippen molar-refractivity contribution in [3.63, 3.8) is 0 Å². The summed E-state index contributed by atoms with van der Waals surface area (Å²) < 4.78 is 39.1. The lowest BCUT2D eigenvalue weighted by atomic mass is 10.1. The molecule has 0 spiro atoms. The third-order valence-corrected chi connectivity index (χ3v) is 5.87. The van der Waals surface area contributed by atoms with Gasteiger partial charge in [0.2, 0.25) is 10.0 Å². The number of hydrogen-bond acceptors (Lipinski definition) is 3. The van der Waals surface area contributed by atoms with Crippen LogP contribution in [0.25, 0.3) is 0 Å². The van der Waals surface area contributed by atoms with Gasteiger partial charge >= 0.3 is 5.97 Å². The molecule has 1 aromatic carbocycles. The van der Waals surface area contributed by atoms with Crippen LogP contribution in [-0.4, -0.2) is 36.9 Å². The summed E-state index contributed by atoms with van der Waals surface area (Å²) in [6.07, 6.45) is 0.265.